The predicted octanol–water partition coefficient (Wildman–Crippen LogP) is 3.00. The van der Waals surface area contributed by atoms with Gasteiger partial charge >= 0.3 is 0 Å². The molecular formula is C16H35N5. The van der Waals surface area contributed by atoms with Gasteiger partial charge in [-0.05, 0) is 39.0 Å². The molecule has 0 aliphatic carbocycles. The van der Waals surface area contributed by atoms with E-state index in [2.05, 4.69) is 36.1 Å². The van der Waals surface area contributed by atoms with E-state index < -0.39 is 0 Å². The van der Waals surface area contributed by atoms with Gasteiger partial charge in [-0.2, -0.15) is 0 Å². The first-order chi connectivity index (χ1) is 9.49. The summed E-state index contributed by atoms with van der Waals surface area (Å²) < 4.78 is 0. The number of hydrogen-bond acceptors (Lipinski definition) is 2. The van der Waals surface area contributed by atoms with E-state index >= 15 is 0 Å². The Morgan fingerprint density at radius 1 is 0.857 bits per heavy atom. The van der Waals surface area contributed by atoms with Crippen LogP contribution in [0, 0.1) is 5.41 Å². The van der Waals surface area contributed by atoms with E-state index in [-0.39, 0.29) is 5.54 Å². The van der Waals surface area contributed by atoms with Crippen molar-refractivity contribution < 1.29 is 0 Å². The molecule has 124 valence electrons. The van der Waals surface area contributed by atoms with Crippen molar-refractivity contribution in [1.29, 1.82) is 0 Å². The maximum absolute atomic E-state index is 5.77. The molecule has 0 spiro atoms. The largest absolute Gasteiger partial charge is 0.370 e. The van der Waals surface area contributed by atoms with Crippen molar-refractivity contribution in [3.63, 3.8) is 0 Å². The topological polar surface area (TPSA) is 88.8 Å². The second-order valence-electron chi connectivity index (χ2n) is 7.78. The van der Waals surface area contributed by atoms with Gasteiger partial charge in [0.1, 0.15) is 0 Å². The molecule has 0 aliphatic rings. The lowest BCUT2D eigenvalue weighted by molar-refractivity contribution is 0.357. The Hall–Kier alpha value is -1.26. The molecule has 0 radical (unpaired) electrons. The van der Waals surface area contributed by atoms with Crippen LogP contribution in [0.4, 0.5) is 0 Å². The van der Waals surface area contributed by atoms with E-state index in [0.717, 1.165) is 13.0 Å². The molecule has 21 heavy (non-hydrogen) atoms. The number of hydrogen-bond donors (Lipinski definition) is 3. The SMILES string of the molecule is CC(C)(C)CCCCCCN=C(N)NC(N)=NC(C)(C)C. The number of nitrogens with zero attached hydrogens (tertiary/aromatic N) is 2. The summed E-state index contributed by atoms with van der Waals surface area (Å²) in [6, 6.07) is 0. The van der Waals surface area contributed by atoms with Crippen LogP contribution in [-0.4, -0.2) is 24.0 Å². The summed E-state index contributed by atoms with van der Waals surface area (Å²) in [4.78, 5) is 8.53. The summed E-state index contributed by atoms with van der Waals surface area (Å²) >= 11 is 0. The molecule has 5 N–H and O–H groups in total. The van der Waals surface area contributed by atoms with Gasteiger partial charge in [0.2, 0.25) is 0 Å². The fourth-order valence-electron chi connectivity index (χ4n) is 1.88. The molecule has 0 amide bonds. The minimum atomic E-state index is -0.218. The monoisotopic (exact) mass is 297 g/mol. The van der Waals surface area contributed by atoms with E-state index in [1.807, 2.05) is 20.8 Å². The van der Waals surface area contributed by atoms with Gasteiger partial charge in [-0.1, -0.05) is 40.0 Å². The first kappa shape index (κ1) is 19.7. The van der Waals surface area contributed by atoms with Crippen molar-refractivity contribution in [2.24, 2.45) is 26.9 Å². The zero-order valence-corrected chi connectivity index (χ0v) is 14.8. The number of unbranched alkanes of at least 4 members (excludes halogenated alkanes) is 3. The van der Waals surface area contributed by atoms with Gasteiger partial charge in [0.05, 0.1) is 5.54 Å². The third-order valence-corrected chi connectivity index (χ3v) is 2.83. The summed E-state index contributed by atoms with van der Waals surface area (Å²) in [6.07, 6.45) is 6.07. The Morgan fingerprint density at radius 2 is 1.43 bits per heavy atom. The quantitative estimate of drug-likeness (QED) is 0.400. The maximum Gasteiger partial charge on any atom is 0.195 e. The Kier molecular flexibility index (Phi) is 8.37. The molecule has 0 unspecified atom stereocenters. The first-order valence-electron chi connectivity index (χ1n) is 7.92. The van der Waals surface area contributed by atoms with E-state index in [9.17, 15) is 0 Å². The molecule has 0 saturated heterocycles. The van der Waals surface area contributed by atoms with Crippen molar-refractivity contribution in [3.05, 3.63) is 0 Å². The number of rotatable bonds is 6. The van der Waals surface area contributed by atoms with Gasteiger partial charge in [-0.25, -0.2) is 4.99 Å². The standard InChI is InChI=1S/C16H35N5/c1-15(2,3)11-9-7-8-10-12-19-13(17)20-14(18)21-16(4,5)6/h7-12H2,1-6H3,(H5,17,18,19,20,21). The molecule has 0 aromatic carbocycles. The predicted molar refractivity (Wildman–Crippen MR) is 93.5 cm³/mol. The lowest BCUT2D eigenvalue weighted by Gasteiger charge is -2.17. The summed E-state index contributed by atoms with van der Waals surface area (Å²) in [5.41, 5.74) is 11.7. The maximum atomic E-state index is 5.77. The molecule has 0 aromatic heterocycles. The second-order valence-corrected chi connectivity index (χ2v) is 7.78. The zero-order valence-electron chi connectivity index (χ0n) is 14.8. The zero-order chi connectivity index (χ0) is 16.5. The molecule has 0 atom stereocenters. The summed E-state index contributed by atoms with van der Waals surface area (Å²) in [5.74, 6) is 0.657. The minimum absolute atomic E-state index is 0.218. The van der Waals surface area contributed by atoms with Gasteiger partial charge in [0, 0.05) is 6.54 Å². The smallest absolute Gasteiger partial charge is 0.195 e. The second kappa shape index (κ2) is 8.90. The molecule has 0 heterocycles. The average Bonchev–Trinajstić information content (AvgIpc) is 2.23. The molecule has 5 heteroatoms. The molecule has 0 aliphatic heterocycles. The van der Waals surface area contributed by atoms with Crippen molar-refractivity contribution in [1.82, 2.24) is 5.32 Å². The van der Waals surface area contributed by atoms with E-state index in [0.29, 0.717) is 17.3 Å². The van der Waals surface area contributed by atoms with Crippen LogP contribution < -0.4 is 16.8 Å². The highest BCUT2D eigenvalue weighted by Gasteiger charge is 2.09. The van der Waals surface area contributed by atoms with Gasteiger partial charge in [0.25, 0.3) is 0 Å². The van der Waals surface area contributed by atoms with Gasteiger partial charge in [-0.15, -0.1) is 0 Å². The van der Waals surface area contributed by atoms with E-state index in [1.54, 1.807) is 0 Å². The molecule has 0 saturated carbocycles. The van der Waals surface area contributed by atoms with Crippen LogP contribution in [0.15, 0.2) is 9.98 Å². The third-order valence-electron chi connectivity index (χ3n) is 2.83. The molecule has 0 aromatic rings. The Balaban J connectivity index is 3.82. The first-order valence-corrected chi connectivity index (χ1v) is 7.92. The Morgan fingerprint density at radius 3 is 1.95 bits per heavy atom. The van der Waals surface area contributed by atoms with Gasteiger partial charge in [-0.3, -0.25) is 10.3 Å². The number of guanidine groups is 2. The number of nitrogens with one attached hydrogen (secondary N) is 1. The molecule has 0 fully saturated rings. The molecule has 0 rings (SSSR count). The van der Waals surface area contributed by atoms with Gasteiger partial charge < -0.3 is 11.5 Å². The van der Waals surface area contributed by atoms with Crippen molar-refractivity contribution in [2.45, 2.75) is 79.2 Å². The van der Waals surface area contributed by atoms with Crippen LogP contribution in [-0.2, 0) is 0 Å². The summed E-state index contributed by atoms with van der Waals surface area (Å²) in [6.45, 7) is 13.5. The Labute approximate surface area is 130 Å². The summed E-state index contributed by atoms with van der Waals surface area (Å²) in [5, 5.41) is 2.81. The summed E-state index contributed by atoms with van der Waals surface area (Å²) in [7, 11) is 0. The molecule has 5 nitrogen and oxygen atoms in total. The van der Waals surface area contributed by atoms with E-state index in [1.165, 1.54) is 25.7 Å². The van der Waals surface area contributed by atoms with Crippen LogP contribution in [0.25, 0.3) is 0 Å². The van der Waals surface area contributed by atoms with Crippen molar-refractivity contribution >= 4 is 11.9 Å². The van der Waals surface area contributed by atoms with Crippen LogP contribution in [0.2, 0.25) is 0 Å². The highest BCUT2D eigenvalue weighted by Crippen LogP contribution is 2.22. The third kappa shape index (κ3) is 15.0. The highest BCUT2D eigenvalue weighted by molar-refractivity contribution is 5.97. The lowest BCUT2D eigenvalue weighted by atomic mass is 9.89. The average molecular weight is 297 g/mol. The van der Waals surface area contributed by atoms with Crippen LogP contribution >= 0.6 is 0 Å². The molecular weight excluding hydrogens is 262 g/mol. The van der Waals surface area contributed by atoms with E-state index in [4.69, 9.17) is 11.5 Å². The normalized spacial score (nSPS) is 14.4. The van der Waals surface area contributed by atoms with Crippen molar-refractivity contribution in [3.8, 4) is 0 Å². The number of aliphatic imine (C=N–C) groups is 2. The van der Waals surface area contributed by atoms with Crippen LogP contribution in [0.3, 0.4) is 0 Å². The highest BCUT2D eigenvalue weighted by atomic mass is 15.2. The minimum Gasteiger partial charge on any atom is -0.370 e. The van der Waals surface area contributed by atoms with Crippen LogP contribution in [0.1, 0.15) is 73.6 Å². The number of nitrogens with two attached hydrogens (primary N) is 2. The fraction of sp³-hybridized carbons (Fsp3) is 0.875. The molecule has 0 bridgehead atoms. The van der Waals surface area contributed by atoms with Gasteiger partial charge in [0.15, 0.2) is 11.9 Å². The fourth-order valence-corrected chi connectivity index (χ4v) is 1.88. The van der Waals surface area contributed by atoms with Crippen LogP contribution in [0.5, 0.6) is 0 Å². The Bertz CT molecular complexity index is 345. The lowest BCUT2D eigenvalue weighted by Crippen LogP contribution is -2.43. The van der Waals surface area contributed by atoms with Crippen molar-refractivity contribution in [2.75, 3.05) is 6.54 Å².